The molecule has 3 rings (SSSR count). The fourth-order valence-electron chi connectivity index (χ4n) is 2.70. The summed E-state index contributed by atoms with van der Waals surface area (Å²) in [5, 5.41) is 1.21. The summed E-state index contributed by atoms with van der Waals surface area (Å²) in [6.45, 7) is 11.5. The molecule has 4 nitrogen and oxygen atoms in total. The number of pyridine rings is 1. The van der Waals surface area contributed by atoms with E-state index in [9.17, 15) is 0 Å². The van der Waals surface area contributed by atoms with Crippen molar-refractivity contribution in [1.82, 2.24) is 9.97 Å². The second-order valence-corrected chi connectivity index (χ2v) is 6.67. The van der Waals surface area contributed by atoms with Gasteiger partial charge in [0.2, 0.25) is 0 Å². The van der Waals surface area contributed by atoms with E-state index < -0.39 is 0 Å². The monoisotopic (exact) mass is 273 g/mol. The molecule has 1 saturated heterocycles. The van der Waals surface area contributed by atoms with Gasteiger partial charge in [-0.05, 0) is 24.0 Å². The Kier molecular flexibility index (Phi) is 3.21. The molecule has 1 fully saturated rings. The van der Waals surface area contributed by atoms with Crippen molar-refractivity contribution in [3.05, 3.63) is 24.0 Å². The third kappa shape index (κ3) is 2.40. The van der Waals surface area contributed by atoms with Crippen molar-refractivity contribution in [2.75, 3.05) is 24.6 Å². The van der Waals surface area contributed by atoms with Crippen LogP contribution in [0.3, 0.4) is 0 Å². The van der Waals surface area contributed by atoms with Crippen LogP contribution in [0, 0.1) is 0 Å². The normalized spacial score (nSPS) is 20.6. The zero-order valence-electron chi connectivity index (χ0n) is 12.7. The summed E-state index contributed by atoms with van der Waals surface area (Å²) < 4.78 is 5.63. The molecule has 0 radical (unpaired) electrons. The molecule has 1 aliphatic rings. The van der Waals surface area contributed by atoms with Crippen molar-refractivity contribution >= 4 is 16.7 Å². The molecule has 0 aromatic carbocycles. The van der Waals surface area contributed by atoms with Crippen LogP contribution in [0.15, 0.2) is 18.5 Å². The van der Waals surface area contributed by atoms with Crippen molar-refractivity contribution < 1.29 is 4.74 Å². The summed E-state index contributed by atoms with van der Waals surface area (Å²) in [4.78, 5) is 10.2. The van der Waals surface area contributed by atoms with Crippen LogP contribution in [-0.4, -0.2) is 35.8 Å². The lowest BCUT2D eigenvalue weighted by Gasteiger charge is -2.32. The Balaban J connectivity index is 2.03. The zero-order chi connectivity index (χ0) is 14.3. The summed E-state index contributed by atoms with van der Waals surface area (Å²) >= 11 is 0. The van der Waals surface area contributed by atoms with Crippen LogP contribution >= 0.6 is 0 Å². The van der Waals surface area contributed by atoms with Crippen molar-refractivity contribution in [3.63, 3.8) is 0 Å². The average Bonchev–Trinajstić information content (AvgIpc) is 2.80. The minimum Gasteiger partial charge on any atom is -0.375 e. The molecular weight excluding hydrogens is 250 g/mol. The summed E-state index contributed by atoms with van der Waals surface area (Å²) in [6, 6.07) is 2.27. The van der Waals surface area contributed by atoms with Crippen LogP contribution in [0.1, 0.15) is 33.3 Å². The molecule has 1 atom stereocenters. The molecule has 0 saturated carbocycles. The van der Waals surface area contributed by atoms with Gasteiger partial charge in [0.25, 0.3) is 0 Å². The Morgan fingerprint density at radius 3 is 2.90 bits per heavy atom. The lowest BCUT2D eigenvalue weighted by atomic mass is 9.88. The van der Waals surface area contributed by atoms with Gasteiger partial charge >= 0.3 is 0 Å². The molecule has 3 heterocycles. The van der Waals surface area contributed by atoms with Gasteiger partial charge in [0, 0.05) is 30.9 Å². The van der Waals surface area contributed by atoms with Crippen molar-refractivity contribution in [1.29, 1.82) is 0 Å². The second kappa shape index (κ2) is 4.77. The van der Waals surface area contributed by atoms with E-state index in [1.54, 1.807) is 0 Å². The Labute approximate surface area is 120 Å². The first-order valence-corrected chi connectivity index (χ1v) is 7.29. The van der Waals surface area contributed by atoms with E-state index in [2.05, 4.69) is 54.8 Å². The molecule has 2 aromatic heterocycles. The van der Waals surface area contributed by atoms with Crippen LogP contribution in [0.2, 0.25) is 0 Å². The molecule has 2 aromatic rings. The molecule has 1 aliphatic heterocycles. The average molecular weight is 273 g/mol. The van der Waals surface area contributed by atoms with E-state index in [1.165, 1.54) is 16.6 Å². The first kappa shape index (κ1) is 13.4. The first-order chi connectivity index (χ1) is 9.45. The molecule has 1 unspecified atom stereocenters. The third-order valence-electron chi connectivity index (χ3n) is 3.96. The van der Waals surface area contributed by atoms with E-state index in [0.29, 0.717) is 0 Å². The summed E-state index contributed by atoms with van der Waals surface area (Å²) in [5.41, 5.74) is 3.60. The van der Waals surface area contributed by atoms with E-state index in [1.807, 2.05) is 6.20 Å². The van der Waals surface area contributed by atoms with Gasteiger partial charge in [-0.25, -0.2) is 4.98 Å². The number of fused-ring (bicyclic) bond motifs is 1. The molecule has 0 amide bonds. The minimum absolute atomic E-state index is 0.119. The van der Waals surface area contributed by atoms with Gasteiger partial charge < -0.3 is 14.6 Å². The number of hydrogen-bond acceptors (Lipinski definition) is 3. The fourth-order valence-corrected chi connectivity index (χ4v) is 2.70. The number of nitrogens with zero attached hydrogens (tertiary/aromatic N) is 2. The van der Waals surface area contributed by atoms with Gasteiger partial charge in [-0.1, -0.05) is 20.8 Å². The number of anilines is 1. The number of hydrogen-bond donors (Lipinski definition) is 1. The predicted octanol–water partition coefficient (Wildman–Crippen LogP) is 3.09. The smallest absolute Gasteiger partial charge is 0.139 e. The number of ether oxygens (including phenoxy) is 1. The lowest BCUT2D eigenvalue weighted by Crippen LogP contribution is -2.41. The quantitative estimate of drug-likeness (QED) is 0.868. The number of rotatable bonds is 1. The van der Waals surface area contributed by atoms with Crippen molar-refractivity contribution in [3.8, 4) is 0 Å². The topological polar surface area (TPSA) is 41.2 Å². The standard InChI is InChI=1S/C16H23N3O/c1-11-10-19(5-6-20-11)14-9-18-15-13(14)7-12(8-17-15)16(2,3)4/h7-9,11H,5-6,10H2,1-4H3,(H,17,18). The molecule has 4 heteroatoms. The Morgan fingerprint density at radius 1 is 1.40 bits per heavy atom. The van der Waals surface area contributed by atoms with Crippen LogP contribution in [0.4, 0.5) is 5.69 Å². The van der Waals surface area contributed by atoms with E-state index in [4.69, 9.17) is 4.74 Å². The molecular formula is C16H23N3O. The van der Waals surface area contributed by atoms with Crippen LogP contribution in [0.25, 0.3) is 11.0 Å². The zero-order valence-corrected chi connectivity index (χ0v) is 12.7. The SMILES string of the molecule is CC1CN(c2c[nH]c3ncc(C(C)(C)C)cc23)CCO1. The summed E-state index contributed by atoms with van der Waals surface area (Å²) in [6.07, 6.45) is 4.33. The highest BCUT2D eigenvalue weighted by Crippen LogP contribution is 2.31. The number of H-pyrrole nitrogens is 1. The number of aromatic nitrogens is 2. The van der Waals surface area contributed by atoms with E-state index in [-0.39, 0.29) is 11.5 Å². The minimum atomic E-state index is 0.119. The van der Waals surface area contributed by atoms with E-state index >= 15 is 0 Å². The van der Waals surface area contributed by atoms with Gasteiger partial charge in [-0.2, -0.15) is 0 Å². The molecule has 0 aliphatic carbocycles. The molecule has 0 bridgehead atoms. The predicted molar refractivity (Wildman–Crippen MR) is 82.4 cm³/mol. The largest absolute Gasteiger partial charge is 0.375 e. The fraction of sp³-hybridized carbons (Fsp3) is 0.562. The van der Waals surface area contributed by atoms with Crippen molar-refractivity contribution in [2.45, 2.75) is 39.2 Å². The molecule has 0 spiro atoms. The Morgan fingerprint density at radius 2 is 2.20 bits per heavy atom. The molecule has 20 heavy (non-hydrogen) atoms. The Bertz CT molecular complexity index is 612. The van der Waals surface area contributed by atoms with Crippen LogP contribution in [0.5, 0.6) is 0 Å². The molecule has 108 valence electrons. The third-order valence-corrected chi connectivity index (χ3v) is 3.96. The Hall–Kier alpha value is -1.55. The van der Waals surface area contributed by atoms with Gasteiger partial charge in [0.15, 0.2) is 0 Å². The highest BCUT2D eigenvalue weighted by Gasteiger charge is 2.21. The highest BCUT2D eigenvalue weighted by atomic mass is 16.5. The summed E-state index contributed by atoms with van der Waals surface area (Å²) in [5.74, 6) is 0. The maximum absolute atomic E-state index is 5.63. The lowest BCUT2D eigenvalue weighted by molar-refractivity contribution is 0.0533. The van der Waals surface area contributed by atoms with E-state index in [0.717, 1.165) is 25.3 Å². The van der Waals surface area contributed by atoms with Crippen LogP contribution < -0.4 is 4.90 Å². The maximum atomic E-state index is 5.63. The summed E-state index contributed by atoms with van der Waals surface area (Å²) in [7, 11) is 0. The first-order valence-electron chi connectivity index (χ1n) is 7.29. The van der Waals surface area contributed by atoms with Gasteiger partial charge in [0.05, 0.1) is 18.4 Å². The molecule has 1 N–H and O–H groups in total. The van der Waals surface area contributed by atoms with Gasteiger partial charge in [-0.3, -0.25) is 0 Å². The van der Waals surface area contributed by atoms with Crippen LogP contribution in [-0.2, 0) is 10.2 Å². The second-order valence-electron chi connectivity index (χ2n) is 6.67. The van der Waals surface area contributed by atoms with Gasteiger partial charge in [0.1, 0.15) is 5.65 Å². The number of morpholine rings is 1. The van der Waals surface area contributed by atoms with Crippen molar-refractivity contribution in [2.24, 2.45) is 0 Å². The maximum Gasteiger partial charge on any atom is 0.139 e. The van der Waals surface area contributed by atoms with Gasteiger partial charge in [-0.15, -0.1) is 0 Å². The number of nitrogens with one attached hydrogen (secondary N) is 1. The highest BCUT2D eigenvalue weighted by molar-refractivity contribution is 5.91. The number of aromatic amines is 1.